The third-order valence-electron chi connectivity index (χ3n) is 4.09. The number of carbonyl (C=O) groups excluding carboxylic acids is 4. The molecule has 0 unspecified atom stereocenters. The molecule has 1 atom stereocenters. The smallest absolute Gasteiger partial charge is 0.239 e. The van der Waals surface area contributed by atoms with E-state index in [1.807, 2.05) is 18.2 Å². The van der Waals surface area contributed by atoms with Crippen molar-refractivity contribution in [3.8, 4) is 0 Å². The van der Waals surface area contributed by atoms with Crippen LogP contribution < -0.4 is 27.0 Å². The van der Waals surface area contributed by atoms with E-state index in [9.17, 15) is 19.2 Å². The van der Waals surface area contributed by atoms with Crippen LogP contribution in [0.4, 0.5) is 0 Å². The van der Waals surface area contributed by atoms with Gasteiger partial charge in [-0.2, -0.15) is 0 Å². The molecular weight excluding hydrogens is 422 g/mol. The maximum absolute atomic E-state index is 13.0. The molecule has 2 rings (SSSR count). The number of hydrogen-bond acceptors (Lipinski definition) is 7. The van der Waals surface area contributed by atoms with Gasteiger partial charge in [-0.25, -0.2) is 4.98 Å². The molecular formula is C19H25N7O4S. The third-order valence-corrected chi connectivity index (χ3v) is 5.14. The molecule has 0 aliphatic carbocycles. The number of nitrogens with zero attached hydrogens (tertiary/aromatic N) is 1. The first-order chi connectivity index (χ1) is 14.8. The molecule has 1 aromatic heterocycles. The Balaban J connectivity index is 2.00. The van der Waals surface area contributed by atoms with Crippen molar-refractivity contribution in [2.45, 2.75) is 25.8 Å². The molecule has 0 bridgehead atoms. The van der Waals surface area contributed by atoms with Gasteiger partial charge in [-0.15, -0.1) is 11.3 Å². The average Bonchev–Trinajstić information content (AvgIpc) is 3.16. The van der Waals surface area contributed by atoms with E-state index in [0.717, 1.165) is 4.70 Å². The van der Waals surface area contributed by atoms with Gasteiger partial charge in [0.25, 0.3) is 0 Å². The van der Waals surface area contributed by atoms with E-state index in [1.54, 1.807) is 6.07 Å². The number of rotatable bonds is 11. The number of ketones is 1. The van der Waals surface area contributed by atoms with E-state index in [2.05, 4.69) is 26.3 Å². The van der Waals surface area contributed by atoms with Gasteiger partial charge in [-0.3, -0.25) is 24.6 Å². The Bertz CT molecular complexity index is 942. The molecule has 0 radical (unpaired) electrons. The largest absolute Gasteiger partial charge is 0.370 e. The lowest BCUT2D eigenvalue weighted by Gasteiger charge is -2.17. The zero-order valence-electron chi connectivity index (χ0n) is 17.0. The van der Waals surface area contributed by atoms with Gasteiger partial charge in [-0.05, 0) is 25.0 Å². The molecule has 0 aliphatic rings. The van der Waals surface area contributed by atoms with Gasteiger partial charge in [0.1, 0.15) is 0 Å². The highest BCUT2D eigenvalue weighted by molar-refractivity contribution is 7.20. The molecule has 0 saturated heterocycles. The number of fused-ring (bicyclic) bond motifs is 1. The van der Waals surface area contributed by atoms with Crippen molar-refractivity contribution >= 4 is 51.0 Å². The number of nitrogens with one attached hydrogen (secondary N) is 5. The molecule has 11 nitrogen and oxygen atoms in total. The number of Topliss-reactive ketones (excluding diaryl/α,β-unsaturated/α-hetero) is 1. The number of guanidine groups is 1. The van der Waals surface area contributed by atoms with Crippen LogP contribution in [0.5, 0.6) is 0 Å². The summed E-state index contributed by atoms with van der Waals surface area (Å²) in [5.41, 5.74) is 5.95. The second-order valence-electron chi connectivity index (χ2n) is 6.64. The molecule has 3 amide bonds. The van der Waals surface area contributed by atoms with Gasteiger partial charge in [-0.1, -0.05) is 12.1 Å². The predicted octanol–water partition coefficient (Wildman–Crippen LogP) is -0.521. The number of nitrogens with two attached hydrogens (primary N) is 1. The fraction of sp³-hybridized carbons (Fsp3) is 0.368. The second-order valence-corrected chi connectivity index (χ2v) is 7.67. The summed E-state index contributed by atoms with van der Waals surface area (Å²) in [6.07, 6.45) is 0.761. The lowest BCUT2D eigenvalue weighted by Crippen LogP contribution is -2.47. The molecule has 7 N–H and O–H groups in total. The number of thiazole rings is 1. The molecule has 0 saturated carbocycles. The topological polar surface area (TPSA) is 179 Å². The van der Waals surface area contributed by atoms with E-state index < -0.39 is 17.9 Å². The van der Waals surface area contributed by atoms with Crippen LogP contribution >= 0.6 is 11.3 Å². The second kappa shape index (κ2) is 11.6. The van der Waals surface area contributed by atoms with Crippen LogP contribution in [0.1, 0.15) is 29.6 Å². The van der Waals surface area contributed by atoms with Gasteiger partial charge < -0.3 is 27.0 Å². The van der Waals surface area contributed by atoms with E-state index >= 15 is 0 Å². The number of aromatic nitrogens is 1. The molecule has 0 spiro atoms. The minimum absolute atomic E-state index is 0.181. The summed E-state index contributed by atoms with van der Waals surface area (Å²) in [5.74, 6) is -1.94. The Morgan fingerprint density at radius 1 is 1.10 bits per heavy atom. The van der Waals surface area contributed by atoms with Crippen molar-refractivity contribution in [2.75, 3.05) is 19.6 Å². The lowest BCUT2D eigenvalue weighted by molar-refractivity contribution is -0.127. The van der Waals surface area contributed by atoms with E-state index in [1.165, 1.54) is 18.3 Å². The molecule has 166 valence electrons. The third kappa shape index (κ3) is 8.01. The maximum atomic E-state index is 13.0. The number of para-hydroxylation sites is 1. The number of benzene rings is 1. The van der Waals surface area contributed by atoms with Crippen LogP contribution in [0.3, 0.4) is 0 Å². The van der Waals surface area contributed by atoms with Crippen molar-refractivity contribution in [3.63, 3.8) is 0 Å². The monoisotopic (exact) mass is 447 g/mol. The van der Waals surface area contributed by atoms with Gasteiger partial charge in [0.2, 0.25) is 23.5 Å². The Morgan fingerprint density at radius 3 is 2.48 bits per heavy atom. The van der Waals surface area contributed by atoms with E-state index in [0.29, 0.717) is 24.9 Å². The van der Waals surface area contributed by atoms with Crippen molar-refractivity contribution in [3.05, 3.63) is 29.3 Å². The van der Waals surface area contributed by atoms with Crippen molar-refractivity contribution in [2.24, 2.45) is 5.73 Å². The normalized spacial score (nSPS) is 11.4. The maximum Gasteiger partial charge on any atom is 0.239 e. The Morgan fingerprint density at radius 2 is 1.81 bits per heavy atom. The van der Waals surface area contributed by atoms with Gasteiger partial charge in [0, 0.05) is 13.5 Å². The predicted molar refractivity (Wildman–Crippen MR) is 117 cm³/mol. The zero-order chi connectivity index (χ0) is 22.8. The van der Waals surface area contributed by atoms with Crippen LogP contribution in [0.2, 0.25) is 0 Å². The Kier molecular flexibility index (Phi) is 8.88. The Hall–Kier alpha value is -3.54. The standard InChI is InChI=1S/C19H25N7O4S/c1-11(27)23-9-15(28)24-10-16(29)25-13(6-4-8-22-19(20)21)17(30)18-26-12-5-2-3-7-14(12)31-18/h2-3,5,7,13H,4,6,8-10H2,1H3,(H,23,27)(H,24,28)(H,25,29)(H4,20,21,22)/t13-/m0/s1. The highest BCUT2D eigenvalue weighted by Gasteiger charge is 2.25. The number of carbonyl (C=O) groups is 4. The summed E-state index contributed by atoms with van der Waals surface area (Å²) in [6.45, 7) is 1.06. The first-order valence-corrected chi connectivity index (χ1v) is 10.4. The van der Waals surface area contributed by atoms with Crippen molar-refractivity contribution in [1.82, 2.24) is 26.3 Å². The van der Waals surface area contributed by atoms with Crippen molar-refractivity contribution in [1.29, 1.82) is 5.41 Å². The van der Waals surface area contributed by atoms with Crippen molar-refractivity contribution < 1.29 is 19.2 Å². The van der Waals surface area contributed by atoms with Crippen LogP contribution in [-0.2, 0) is 14.4 Å². The molecule has 31 heavy (non-hydrogen) atoms. The molecule has 0 fully saturated rings. The number of amides is 3. The van der Waals surface area contributed by atoms with E-state index in [-0.39, 0.29) is 35.7 Å². The van der Waals surface area contributed by atoms with Gasteiger partial charge in [0.15, 0.2) is 11.0 Å². The first kappa shape index (κ1) is 23.7. The molecule has 12 heteroatoms. The summed E-state index contributed by atoms with van der Waals surface area (Å²) >= 11 is 1.24. The summed E-state index contributed by atoms with van der Waals surface area (Å²) in [7, 11) is 0. The van der Waals surface area contributed by atoms with Crippen LogP contribution in [0, 0.1) is 5.41 Å². The SMILES string of the molecule is CC(=O)NCC(=O)NCC(=O)N[C@@H](CCCNC(=N)N)C(=O)c1nc2ccccc2s1. The highest BCUT2D eigenvalue weighted by Crippen LogP contribution is 2.23. The van der Waals surface area contributed by atoms with Crippen LogP contribution in [0.15, 0.2) is 24.3 Å². The molecule has 2 aromatic rings. The number of hydrogen-bond donors (Lipinski definition) is 6. The first-order valence-electron chi connectivity index (χ1n) is 9.54. The summed E-state index contributed by atoms with van der Waals surface area (Å²) in [4.78, 5) is 52.1. The Labute approximate surface area is 182 Å². The zero-order valence-corrected chi connectivity index (χ0v) is 17.8. The summed E-state index contributed by atoms with van der Waals surface area (Å²) in [6, 6.07) is 6.49. The van der Waals surface area contributed by atoms with Gasteiger partial charge in [0.05, 0.1) is 29.3 Å². The lowest BCUT2D eigenvalue weighted by atomic mass is 10.1. The van der Waals surface area contributed by atoms with E-state index in [4.69, 9.17) is 11.1 Å². The average molecular weight is 448 g/mol. The highest BCUT2D eigenvalue weighted by atomic mass is 32.1. The quantitative estimate of drug-likeness (QED) is 0.116. The summed E-state index contributed by atoms with van der Waals surface area (Å²) in [5, 5.41) is 17.5. The van der Waals surface area contributed by atoms with Crippen LogP contribution in [-0.4, -0.2) is 60.1 Å². The van der Waals surface area contributed by atoms with Crippen LogP contribution in [0.25, 0.3) is 10.2 Å². The fourth-order valence-electron chi connectivity index (χ4n) is 2.62. The van der Waals surface area contributed by atoms with Gasteiger partial charge >= 0.3 is 0 Å². The molecule has 1 aromatic carbocycles. The minimum Gasteiger partial charge on any atom is -0.370 e. The summed E-state index contributed by atoms with van der Waals surface area (Å²) < 4.78 is 0.861. The molecule has 1 heterocycles. The minimum atomic E-state index is -0.853. The molecule has 0 aliphatic heterocycles. The fourth-order valence-corrected chi connectivity index (χ4v) is 3.58.